The number of para-hydroxylation sites is 1. The Bertz CT molecular complexity index is 1090. The van der Waals surface area contributed by atoms with E-state index < -0.39 is 6.61 Å². The molecule has 3 heterocycles. The van der Waals surface area contributed by atoms with E-state index in [1.54, 1.807) is 29.3 Å². The number of aromatic nitrogens is 2. The average Bonchev–Trinajstić information content (AvgIpc) is 3.17. The molecule has 1 aromatic carbocycles. The van der Waals surface area contributed by atoms with Gasteiger partial charge in [-0.2, -0.15) is 8.78 Å². The van der Waals surface area contributed by atoms with Gasteiger partial charge in [0.05, 0.1) is 0 Å². The van der Waals surface area contributed by atoms with Gasteiger partial charge in [-0.1, -0.05) is 24.3 Å². The van der Waals surface area contributed by atoms with E-state index in [9.17, 15) is 13.6 Å². The molecule has 4 rings (SSSR count). The lowest BCUT2D eigenvalue weighted by atomic mass is 9.99. The van der Waals surface area contributed by atoms with E-state index in [0.717, 1.165) is 23.0 Å². The maximum atomic E-state index is 12.5. The number of amides is 1. The summed E-state index contributed by atoms with van der Waals surface area (Å²) in [5.74, 6) is -0.131. The third-order valence-electron chi connectivity index (χ3n) is 4.86. The molecule has 1 aliphatic heterocycles. The van der Waals surface area contributed by atoms with Crippen LogP contribution in [0.1, 0.15) is 17.5 Å². The molecule has 148 valence electrons. The standard InChI is InChI=1S/C22H19F2N3O2/c23-22(24)29-19-6-2-1-4-16(19)7-8-20(28)27-12-9-15(10-13-27)18-14-26-21-17(18)5-3-11-25-21/h1-9,11,14,22H,10,12-13H2,(H,25,26)/b8-7+. The molecule has 1 N–H and O–H groups in total. The molecule has 7 heteroatoms. The van der Waals surface area contributed by atoms with Gasteiger partial charge in [0.2, 0.25) is 5.91 Å². The van der Waals surface area contributed by atoms with E-state index in [4.69, 9.17) is 0 Å². The first-order valence-corrected chi connectivity index (χ1v) is 9.24. The van der Waals surface area contributed by atoms with E-state index in [1.165, 1.54) is 23.8 Å². The largest absolute Gasteiger partial charge is 0.434 e. The predicted molar refractivity (Wildman–Crippen MR) is 107 cm³/mol. The molecule has 0 fully saturated rings. The summed E-state index contributed by atoms with van der Waals surface area (Å²) in [6, 6.07) is 10.3. The van der Waals surface area contributed by atoms with E-state index >= 15 is 0 Å². The number of alkyl halides is 2. The maximum absolute atomic E-state index is 12.5. The Kier molecular flexibility index (Phi) is 5.37. The van der Waals surface area contributed by atoms with Gasteiger partial charge in [-0.15, -0.1) is 0 Å². The maximum Gasteiger partial charge on any atom is 0.387 e. The highest BCUT2D eigenvalue weighted by Gasteiger charge is 2.18. The van der Waals surface area contributed by atoms with Crippen molar-refractivity contribution in [2.75, 3.05) is 13.1 Å². The summed E-state index contributed by atoms with van der Waals surface area (Å²) in [4.78, 5) is 21.7. The number of nitrogens with zero attached hydrogens (tertiary/aromatic N) is 2. The number of fused-ring (bicyclic) bond motifs is 1. The number of rotatable bonds is 5. The van der Waals surface area contributed by atoms with Crippen LogP contribution in [0.3, 0.4) is 0 Å². The minimum atomic E-state index is -2.91. The van der Waals surface area contributed by atoms with Gasteiger partial charge in [-0.25, -0.2) is 4.98 Å². The zero-order valence-corrected chi connectivity index (χ0v) is 15.5. The van der Waals surface area contributed by atoms with Gasteiger partial charge >= 0.3 is 6.61 Å². The molecule has 0 bridgehead atoms. The van der Waals surface area contributed by atoms with Gasteiger partial charge in [0.15, 0.2) is 0 Å². The van der Waals surface area contributed by atoms with Gasteiger partial charge in [-0.05, 0) is 36.3 Å². The molecule has 1 amide bonds. The predicted octanol–water partition coefficient (Wildman–Crippen LogP) is 4.49. The molecule has 0 unspecified atom stereocenters. The summed E-state index contributed by atoms with van der Waals surface area (Å²) in [7, 11) is 0. The third-order valence-corrected chi connectivity index (χ3v) is 4.86. The van der Waals surface area contributed by atoms with Crippen molar-refractivity contribution < 1.29 is 18.3 Å². The first kappa shape index (κ1) is 18.9. The van der Waals surface area contributed by atoms with Crippen molar-refractivity contribution in [3.63, 3.8) is 0 Å². The normalized spacial score (nSPS) is 14.6. The van der Waals surface area contributed by atoms with Crippen molar-refractivity contribution in [1.29, 1.82) is 0 Å². The Morgan fingerprint density at radius 3 is 2.90 bits per heavy atom. The van der Waals surface area contributed by atoms with Crippen LogP contribution < -0.4 is 4.74 Å². The zero-order chi connectivity index (χ0) is 20.2. The Balaban J connectivity index is 1.45. The summed E-state index contributed by atoms with van der Waals surface area (Å²) >= 11 is 0. The number of carbonyl (C=O) groups excluding carboxylic acids is 1. The summed E-state index contributed by atoms with van der Waals surface area (Å²) < 4.78 is 29.5. The van der Waals surface area contributed by atoms with Crippen LogP contribution in [0.15, 0.2) is 60.9 Å². The number of aromatic amines is 1. The van der Waals surface area contributed by atoms with Gasteiger partial charge < -0.3 is 14.6 Å². The summed E-state index contributed by atoms with van der Waals surface area (Å²) in [5, 5.41) is 1.06. The number of hydrogen-bond acceptors (Lipinski definition) is 3. The molecule has 0 saturated heterocycles. The first-order chi connectivity index (χ1) is 14.1. The molecule has 0 spiro atoms. The Hall–Kier alpha value is -3.48. The van der Waals surface area contributed by atoms with Crippen molar-refractivity contribution in [1.82, 2.24) is 14.9 Å². The quantitative estimate of drug-likeness (QED) is 0.648. The smallest absolute Gasteiger partial charge is 0.387 e. The summed E-state index contributed by atoms with van der Waals surface area (Å²) in [6.07, 6.45) is 9.36. The van der Waals surface area contributed by atoms with Crippen LogP contribution in [0.25, 0.3) is 22.7 Å². The number of H-pyrrole nitrogens is 1. The van der Waals surface area contributed by atoms with Crippen LogP contribution in [0.5, 0.6) is 5.75 Å². The Labute approximate surface area is 166 Å². The van der Waals surface area contributed by atoms with E-state index in [0.29, 0.717) is 18.7 Å². The fourth-order valence-electron chi connectivity index (χ4n) is 3.42. The summed E-state index contributed by atoms with van der Waals surface area (Å²) in [6.45, 7) is -1.84. The van der Waals surface area contributed by atoms with Crippen molar-refractivity contribution in [2.24, 2.45) is 0 Å². The topological polar surface area (TPSA) is 58.2 Å². The molecule has 0 aliphatic carbocycles. The van der Waals surface area contributed by atoms with E-state index in [-0.39, 0.29) is 11.7 Å². The molecule has 0 atom stereocenters. The van der Waals surface area contributed by atoms with Gasteiger partial charge in [0, 0.05) is 48.1 Å². The number of ether oxygens (including phenoxy) is 1. The molecule has 5 nitrogen and oxygen atoms in total. The fourth-order valence-corrected chi connectivity index (χ4v) is 3.42. The minimum Gasteiger partial charge on any atom is -0.434 e. The first-order valence-electron chi connectivity index (χ1n) is 9.24. The Morgan fingerprint density at radius 2 is 2.10 bits per heavy atom. The van der Waals surface area contributed by atoms with Gasteiger partial charge in [0.25, 0.3) is 0 Å². The van der Waals surface area contributed by atoms with Crippen molar-refractivity contribution in [3.05, 3.63) is 72.1 Å². The number of pyridine rings is 1. The van der Waals surface area contributed by atoms with Crippen LogP contribution in [-0.4, -0.2) is 40.5 Å². The fraction of sp³-hybridized carbons (Fsp3) is 0.182. The van der Waals surface area contributed by atoms with Gasteiger partial charge in [-0.3, -0.25) is 4.79 Å². The molecular weight excluding hydrogens is 376 g/mol. The molecule has 3 aromatic rings. The lowest BCUT2D eigenvalue weighted by Crippen LogP contribution is -2.33. The van der Waals surface area contributed by atoms with Crippen molar-refractivity contribution >= 4 is 28.6 Å². The summed E-state index contributed by atoms with van der Waals surface area (Å²) in [5.41, 5.74) is 3.55. The molecular formula is C22H19F2N3O2. The number of hydrogen-bond donors (Lipinski definition) is 1. The number of halogens is 2. The van der Waals surface area contributed by atoms with Crippen LogP contribution in [0.2, 0.25) is 0 Å². The van der Waals surface area contributed by atoms with Crippen LogP contribution >= 0.6 is 0 Å². The highest BCUT2D eigenvalue weighted by atomic mass is 19.3. The van der Waals surface area contributed by atoms with Gasteiger partial charge in [0.1, 0.15) is 11.4 Å². The van der Waals surface area contributed by atoms with E-state index in [2.05, 4.69) is 14.7 Å². The third kappa shape index (κ3) is 4.18. The molecule has 0 saturated carbocycles. The lowest BCUT2D eigenvalue weighted by molar-refractivity contribution is -0.125. The minimum absolute atomic E-state index is 0.0420. The number of nitrogens with one attached hydrogen (secondary N) is 1. The Morgan fingerprint density at radius 1 is 1.24 bits per heavy atom. The second-order valence-corrected chi connectivity index (χ2v) is 6.62. The molecule has 29 heavy (non-hydrogen) atoms. The zero-order valence-electron chi connectivity index (χ0n) is 15.5. The highest BCUT2D eigenvalue weighted by Crippen LogP contribution is 2.28. The second kappa shape index (κ2) is 8.26. The number of benzene rings is 1. The lowest BCUT2D eigenvalue weighted by Gasteiger charge is -2.25. The number of carbonyl (C=O) groups is 1. The monoisotopic (exact) mass is 395 g/mol. The van der Waals surface area contributed by atoms with Crippen molar-refractivity contribution in [2.45, 2.75) is 13.0 Å². The molecule has 2 aromatic heterocycles. The van der Waals surface area contributed by atoms with Crippen molar-refractivity contribution in [3.8, 4) is 5.75 Å². The van der Waals surface area contributed by atoms with E-state index in [1.807, 2.05) is 24.4 Å². The molecule has 1 aliphatic rings. The second-order valence-electron chi connectivity index (χ2n) is 6.62. The van der Waals surface area contributed by atoms with Crippen LogP contribution in [0.4, 0.5) is 8.78 Å². The average molecular weight is 395 g/mol. The molecule has 0 radical (unpaired) electrons. The van der Waals surface area contributed by atoms with Crippen LogP contribution in [-0.2, 0) is 4.79 Å². The highest BCUT2D eigenvalue weighted by molar-refractivity contribution is 5.94. The SMILES string of the molecule is O=C(/C=C/c1ccccc1OC(F)F)N1CC=C(c2c[nH]c3ncccc23)CC1. The van der Waals surface area contributed by atoms with Crippen LogP contribution in [0, 0.1) is 0 Å².